The van der Waals surface area contributed by atoms with Crippen molar-refractivity contribution in [3.8, 4) is 0 Å². The van der Waals surface area contributed by atoms with E-state index in [9.17, 15) is 9.59 Å². The van der Waals surface area contributed by atoms with Gasteiger partial charge >= 0.3 is 5.97 Å². The lowest BCUT2D eigenvalue weighted by molar-refractivity contribution is -0.157. The Morgan fingerprint density at radius 2 is 2.26 bits per heavy atom. The number of esters is 1. The van der Waals surface area contributed by atoms with Crippen LogP contribution in [-0.2, 0) is 14.3 Å². The summed E-state index contributed by atoms with van der Waals surface area (Å²) < 4.78 is 5.09. The largest absolute Gasteiger partial charge is 0.469 e. The molecular formula is C16H22O3. The molecule has 0 N–H and O–H groups in total. The van der Waals surface area contributed by atoms with Crippen molar-refractivity contribution >= 4 is 12.3 Å². The Balaban J connectivity index is 2.03. The third kappa shape index (κ3) is 1.44. The molecule has 0 aromatic heterocycles. The minimum Gasteiger partial charge on any atom is -0.469 e. The quantitative estimate of drug-likeness (QED) is 0.446. The maximum Gasteiger partial charge on any atom is 0.312 e. The molecule has 5 atom stereocenters. The van der Waals surface area contributed by atoms with E-state index in [2.05, 4.69) is 12.2 Å². The molecule has 0 radical (unpaired) electrons. The second-order valence-electron chi connectivity index (χ2n) is 6.65. The summed E-state index contributed by atoms with van der Waals surface area (Å²) >= 11 is 0. The first kappa shape index (κ1) is 12.9. The number of ether oxygens (including phenoxy) is 1. The van der Waals surface area contributed by atoms with Gasteiger partial charge in [-0.2, -0.15) is 0 Å². The highest BCUT2D eigenvalue weighted by atomic mass is 16.5. The van der Waals surface area contributed by atoms with Crippen molar-refractivity contribution in [1.29, 1.82) is 0 Å². The molecule has 3 heteroatoms. The number of hydrogen-bond acceptors (Lipinski definition) is 3. The topological polar surface area (TPSA) is 43.4 Å². The number of carbonyl (C=O) groups excluding carboxylic acids is 2. The van der Waals surface area contributed by atoms with E-state index in [1.165, 1.54) is 13.5 Å². The van der Waals surface area contributed by atoms with Crippen molar-refractivity contribution < 1.29 is 14.3 Å². The van der Waals surface area contributed by atoms with Gasteiger partial charge in [-0.15, -0.1) is 0 Å². The van der Waals surface area contributed by atoms with E-state index in [1.54, 1.807) is 0 Å². The van der Waals surface area contributed by atoms with Gasteiger partial charge in [0.15, 0.2) is 0 Å². The van der Waals surface area contributed by atoms with E-state index < -0.39 is 5.41 Å². The van der Waals surface area contributed by atoms with Gasteiger partial charge in [0.25, 0.3) is 0 Å². The molecule has 0 aromatic carbocycles. The molecule has 1 spiro atoms. The summed E-state index contributed by atoms with van der Waals surface area (Å²) in [5.41, 5.74) is -0.324. The molecule has 2 saturated carbocycles. The molecule has 3 aliphatic carbocycles. The zero-order valence-electron chi connectivity index (χ0n) is 11.7. The molecule has 0 aromatic rings. The van der Waals surface area contributed by atoms with Gasteiger partial charge in [0.05, 0.1) is 12.5 Å². The first-order valence-electron chi connectivity index (χ1n) is 7.29. The van der Waals surface area contributed by atoms with Gasteiger partial charge in [-0.05, 0) is 55.8 Å². The van der Waals surface area contributed by atoms with Crippen LogP contribution in [0.15, 0.2) is 12.2 Å². The van der Waals surface area contributed by atoms with Crippen molar-refractivity contribution in [3.05, 3.63) is 12.2 Å². The second-order valence-corrected chi connectivity index (χ2v) is 6.65. The number of aldehydes is 1. The smallest absolute Gasteiger partial charge is 0.312 e. The lowest BCUT2D eigenvalue weighted by atomic mass is 9.68. The number of rotatable bonds is 3. The van der Waals surface area contributed by atoms with Crippen molar-refractivity contribution in [2.45, 2.75) is 39.0 Å². The molecular weight excluding hydrogens is 240 g/mol. The second kappa shape index (κ2) is 4.19. The summed E-state index contributed by atoms with van der Waals surface area (Å²) in [5, 5.41) is 0. The third-order valence-corrected chi connectivity index (χ3v) is 6.24. The summed E-state index contributed by atoms with van der Waals surface area (Å²) in [6.07, 6.45) is 10.5. The summed E-state index contributed by atoms with van der Waals surface area (Å²) in [5.74, 6) is 1.04. The summed E-state index contributed by atoms with van der Waals surface area (Å²) in [4.78, 5) is 23.4. The Morgan fingerprint density at radius 3 is 2.95 bits per heavy atom. The van der Waals surface area contributed by atoms with Crippen LogP contribution < -0.4 is 0 Å². The van der Waals surface area contributed by atoms with Crippen molar-refractivity contribution in [2.75, 3.05) is 7.11 Å². The molecule has 0 unspecified atom stereocenters. The molecule has 3 aliphatic rings. The third-order valence-electron chi connectivity index (χ3n) is 6.24. The Labute approximate surface area is 114 Å². The highest BCUT2D eigenvalue weighted by molar-refractivity contribution is 5.79. The first-order chi connectivity index (χ1) is 9.09. The Morgan fingerprint density at radius 1 is 1.47 bits per heavy atom. The van der Waals surface area contributed by atoms with Crippen LogP contribution in [0.4, 0.5) is 0 Å². The molecule has 0 bridgehead atoms. The van der Waals surface area contributed by atoms with Gasteiger partial charge in [0.1, 0.15) is 6.29 Å². The van der Waals surface area contributed by atoms with Crippen LogP contribution >= 0.6 is 0 Å². The van der Waals surface area contributed by atoms with E-state index >= 15 is 0 Å². The molecule has 3 nitrogen and oxygen atoms in total. The van der Waals surface area contributed by atoms with Gasteiger partial charge in [-0.3, -0.25) is 4.79 Å². The number of allylic oxidation sites excluding steroid dienone is 2. The minimum atomic E-state index is -0.487. The highest BCUT2D eigenvalue weighted by Gasteiger charge is 2.67. The molecule has 3 rings (SSSR count). The maximum atomic E-state index is 12.4. The van der Waals surface area contributed by atoms with Crippen molar-refractivity contribution in [2.24, 2.45) is 28.6 Å². The summed E-state index contributed by atoms with van der Waals surface area (Å²) in [6, 6.07) is 0. The van der Waals surface area contributed by atoms with E-state index in [0.29, 0.717) is 18.3 Å². The van der Waals surface area contributed by atoms with E-state index in [4.69, 9.17) is 4.74 Å². The van der Waals surface area contributed by atoms with Crippen LogP contribution in [0.1, 0.15) is 39.0 Å². The van der Waals surface area contributed by atoms with E-state index in [1.807, 2.05) is 6.92 Å². The van der Waals surface area contributed by atoms with Gasteiger partial charge < -0.3 is 9.53 Å². The lowest BCUT2D eigenvalue weighted by Crippen LogP contribution is -2.40. The molecule has 104 valence electrons. The SMILES string of the molecule is COC(=O)[C@]1(C)[C@H](CC=O)C[C@]23C=CC[C@H]2CC[C@@H]31. The predicted octanol–water partition coefficient (Wildman–Crippen LogP) is 2.75. The fourth-order valence-electron chi connectivity index (χ4n) is 5.36. The predicted molar refractivity (Wildman–Crippen MR) is 71.3 cm³/mol. The van der Waals surface area contributed by atoms with Crippen LogP contribution in [0.25, 0.3) is 0 Å². The normalized spacial score (nSPS) is 46.9. The lowest BCUT2D eigenvalue weighted by Gasteiger charge is -2.35. The number of carbonyl (C=O) groups is 2. The van der Waals surface area contributed by atoms with Crippen LogP contribution in [0.2, 0.25) is 0 Å². The average Bonchev–Trinajstić information content (AvgIpc) is 2.99. The molecule has 0 amide bonds. The Hall–Kier alpha value is -1.12. The van der Waals surface area contributed by atoms with Crippen molar-refractivity contribution in [1.82, 2.24) is 0 Å². The van der Waals surface area contributed by atoms with Gasteiger partial charge in [0.2, 0.25) is 0 Å². The Bertz CT molecular complexity index is 441. The number of hydrogen-bond donors (Lipinski definition) is 0. The fourth-order valence-corrected chi connectivity index (χ4v) is 5.36. The molecule has 0 aliphatic heterocycles. The van der Waals surface area contributed by atoms with E-state index in [0.717, 1.165) is 25.5 Å². The van der Waals surface area contributed by atoms with Crippen molar-refractivity contribution in [3.63, 3.8) is 0 Å². The first-order valence-corrected chi connectivity index (χ1v) is 7.29. The summed E-state index contributed by atoms with van der Waals surface area (Å²) in [6.45, 7) is 2.03. The summed E-state index contributed by atoms with van der Waals surface area (Å²) in [7, 11) is 1.47. The zero-order chi connectivity index (χ0) is 13.7. The molecule has 0 heterocycles. The molecule has 0 saturated heterocycles. The zero-order valence-corrected chi connectivity index (χ0v) is 11.7. The standard InChI is InChI=1S/C16H22O3/c1-15(14(18)19-2)12(7-9-17)10-16-8-3-4-11(16)5-6-13(15)16/h3,8-9,11-13H,4-7,10H2,1-2H3/t11-,12+,13+,15+,16+/m0/s1. The highest BCUT2D eigenvalue weighted by Crippen LogP contribution is 2.70. The molecule has 19 heavy (non-hydrogen) atoms. The van der Waals surface area contributed by atoms with Gasteiger partial charge in [-0.1, -0.05) is 12.2 Å². The number of methoxy groups -OCH3 is 1. The van der Waals surface area contributed by atoms with Crippen LogP contribution in [0.3, 0.4) is 0 Å². The average molecular weight is 262 g/mol. The van der Waals surface area contributed by atoms with Gasteiger partial charge in [0, 0.05) is 6.42 Å². The Kier molecular flexibility index (Phi) is 2.84. The maximum absolute atomic E-state index is 12.4. The minimum absolute atomic E-state index is 0.123. The molecule has 2 fully saturated rings. The fraction of sp³-hybridized carbons (Fsp3) is 0.750. The van der Waals surface area contributed by atoms with Crippen LogP contribution in [0.5, 0.6) is 0 Å². The van der Waals surface area contributed by atoms with Gasteiger partial charge in [-0.25, -0.2) is 0 Å². The van der Waals surface area contributed by atoms with Crippen LogP contribution in [0, 0.1) is 28.6 Å². The monoisotopic (exact) mass is 262 g/mol. The van der Waals surface area contributed by atoms with Crippen LogP contribution in [-0.4, -0.2) is 19.4 Å². The van der Waals surface area contributed by atoms with E-state index in [-0.39, 0.29) is 17.3 Å².